The lowest BCUT2D eigenvalue weighted by Crippen LogP contribution is -2.30. The molecule has 3 rings (SSSR count). The molecule has 0 atom stereocenters. The van der Waals surface area contributed by atoms with E-state index in [1.54, 1.807) is 0 Å². The normalized spacial score (nSPS) is 11.2. The van der Waals surface area contributed by atoms with E-state index in [0.29, 0.717) is 31.0 Å². The number of carbonyl (C=O) groups is 1. The van der Waals surface area contributed by atoms with Gasteiger partial charge in [0.05, 0.1) is 18.6 Å². The van der Waals surface area contributed by atoms with Crippen molar-refractivity contribution in [3.05, 3.63) is 82.4 Å². The highest BCUT2D eigenvalue weighted by Crippen LogP contribution is 2.22. The van der Waals surface area contributed by atoms with Crippen LogP contribution in [-0.2, 0) is 12.0 Å². The van der Waals surface area contributed by atoms with Crippen molar-refractivity contribution >= 4 is 5.91 Å². The van der Waals surface area contributed by atoms with Crippen LogP contribution < -0.4 is 15.6 Å². The standard InChI is InChI=1S/C25H29N3O3/c1-5-31-21-12-8-18(9-13-21)22-16-23(29)28(17-27-22)15-14-26-24(30)19-6-10-20(11-7-19)25(2,3)4/h6-13,16-17H,5,14-15H2,1-4H3,(H,26,30). The van der Waals surface area contributed by atoms with Gasteiger partial charge in [0.25, 0.3) is 11.5 Å². The zero-order valence-electron chi connectivity index (χ0n) is 18.5. The topological polar surface area (TPSA) is 73.2 Å². The van der Waals surface area contributed by atoms with Gasteiger partial charge in [-0.25, -0.2) is 4.98 Å². The van der Waals surface area contributed by atoms with Crippen LogP contribution in [0.1, 0.15) is 43.6 Å². The summed E-state index contributed by atoms with van der Waals surface area (Å²) in [5.74, 6) is 0.621. The Morgan fingerprint density at radius 1 is 1.06 bits per heavy atom. The summed E-state index contributed by atoms with van der Waals surface area (Å²) in [6.07, 6.45) is 1.51. The molecular formula is C25H29N3O3. The number of amides is 1. The van der Waals surface area contributed by atoms with E-state index in [2.05, 4.69) is 31.1 Å². The van der Waals surface area contributed by atoms with Gasteiger partial charge in [0.2, 0.25) is 0 Å². The predicted molar refractivity (Wildman–Crippen MR) is 123 cm³/mol. The third kappa shape index (κ3) is 5.81. The molecule has 6 heteroatoms. The summed E-state index contributed by atoms with van der Waals surface area (Å²) in [6.45, 7) is 9.62. The van der Waals surface area contributed by atoms with E-state index < -0.39 is 0 Å². The van der Waals surface area contributed by atoms with Crippen molar-refractivity contribution in [2.24, 2.45) is 0 Å². The summed E-state index contributed by atoms with van der Waals surface area (Å²) in [7, 11) is 0. The van der Waals surface area contributed by atoms with Gasteiger partial charge in [-0.05, 0) is 54.3 Å². The highest BCUT2D eigenvalue weighted by atomic mass is 16.5. The fourth-order valence-corrected chi connectivity index (χ4v) is 3.15. The molecule has 3 aromatic rings. The molecule has 0 bridgehead atoms. The van der Waals surface area contributed by atoms with Gasteiger partial charge in [0, 0.05) is 30.3 Å². The monoisotopic (exact) mass is 419 g/mol. The zero-order chi connectivity index (χ0) is 22.4. The van der Waals surface area contributed by atoms with Gasteiger partial charge in [0.1, 0.15) is 5.75 Å². The van der Waals surface area contributed by atoms with Crippen molar-refractivity contribution in [1.29, 1.82) is 0 Å². The largest absolute Gasteiger partial charge is 0.494 e. The first-order valence-corrected chi connectivity index (χ1v) is 10.5. The summed E-state index contributed by atoms with van der Waals surface area (Å²) in [4.78, 5) is 29.2. The molecule has 0 fully saturated rings. The lowest BCUT2D eigenvalue weighted by Gasteiger charge is -2.19. The Hall–Kier alpha value is -3.41. The number of nitrogens with zero attached hydrogens (tertiary/aromatic N) is 2. The molecule has 0 radical (unpaired) electrons. The lowest BCUT2D eigenvalue weighted by molar-refractivity contribution is 0.0952. The van der Waals surface area contributed by atoms with Gasteiger partial charge in [-0.3, -0.25) is 14.2 Å². The Kier molecular flexibility index (Phi) is 6.90. The maximum Gasteiger partial charge on any atom is 0.253 e. The molecule has 31 heavy (non-hydrogen) atoms. The second-order valence-corrected chi connectivity index (χ2v) is 8.35. The number of aromatic nitrogens is 2. The summed E-state index contributed by atoms with van der Waals surface area (Å²) in [6, 6.07) is 16.6. The van der Waals surface area contributed by atoms with Crippen LogP contribution in [0.4, 0.5) is 0 Å². The van der Waals surface area contributed by atoms with Crippen LogP contribution in [0.25, 0.3) is 11.3 Å². The molecule has 0 aliphatic rings. The van der Waals surface area contributed by atoms with E-state index in [1.165, 1.54) is 22.5 Å². The Morgan fingerprint density at radius 2 is 1.74 bits per heavy atom. The van der Waals surface area contributed by atoms with Crippen molar-refractivity contribution in [1.82, 2.24) is 14.9 Å². The molecule has 162 valence electrons. The number of nitrogens with one attached hydrogen (secondary N) is 1. The molecule has 2 aromatic carbocycles. The fourth-order valence-electron chi connectivity index (χ4n) is 3.15. The van der Waals surface area contributed by atoms with Crippen LogP contribution in [0.2, 0.25) is 0 Å². The number of hydrogen-bond acceptors (Lipinski definition) is 4. The highest BCUT2D eigenvalue weighted by Gasteiger charge is 2.14. The summed E-state index contributed by atoms with van der Waals surface area (Å²) in [5.41, 5.74) is 3.11. The van der Waals surface area contributed by atoms with E-state index in [4.69, 9.17) is 4.74 Å². The number of ether oxygens (including phenoxy) is 1. The first kappa shape index (κ1) is 22.3. The molecule has 6 nitrogen and oxygen atoms in total. The van der Waals surface area contributed by atoms with Gasteiger partial charge >= 0.3 is 0 Å². The van der Waals surface area contributed by atoms with Gasteiger partial charge in [0.15, 0.2) is 0 Å². The van der Waals surface area contributed by atoms with Crippen molar-refractivity contribution < 1.29 is 9.53 Å². The summed E-state index contributed by atoms with van der Waals surface area (Å²) < 4.78 is 6.92. The van der Waals surface area contributed by atoms with Gasteiger partial charge in [-0.15, -0.1) is 0 Å². The van der Waals surface area contributed by atoms with E-state index in [-0.39, 0.29) is 16.9 Å². The van der Waals surface area contributed by atoms with Crippen molar-refractivity contribution in [3.63, 3.8) is 0 Å². The van der Waals surface area contributed by atoms with Gasteiger partial charge < -0.3 is 10.1 Å². The van der Waals surface area contributed by atoms with E-state index >= 15 is 0 Å². The van der Waals surface area contributed by atoms with Gasteiger partial charge in [-0.2, -0.15) is 0 Å². The third-order valence-corrected chi connectivity index (χ3v) is 4.99. The molecule has 0 aliphatic heterocycles. The second kappa shape index (κ2) is 9.60. The minimum Gasteiger partial charge on any atom is -0.494 e. The minimum absolute atomic E-state index is 0.0423. The average molecular weight is 420 g/mol. The van der Waals surface area contributed by atoms with E-state index in [9.17, 15) is 9.59 Å². The molecule has 1 amide bonds. The Morgan fingerprint density at radius 3 is 2.32 bits per heavy atom. The third-order valence-electron chi connectivity index (χ3n) is 4.99. The maximum atomic E-state index is 12.4. The average Bonchev–Trinajstić information content (AvgIpc) is 2.75. The molecule has 1 N–H and O–H groups in total. The van der Waals surface area contributed by atoms with Crippen LogP contribution in [0, 0.1) is 0 Å². The van der Waals surface area contributed by atoms with Gasteiger partial charge in [-0.1, -0.05) is 32.9 Å². The molecule has 0 saturated heterocycles. The molecule has 0 spiro atoms. The quantitative estimate of drug-likeness (QED) is 0.627. The van der Waals surface area contributed by atoms with Crippen LogP contribution >= 0.6 is 0 Å². The van der Waals surface area contributed by atoms with Crippen LogP contribution in [0.5, 0.6) is 5.75 Å². The van der Waals surface area contributed by atoms with E-state index in [1.807, 2.05) is 55.5 Å². The SMILES string of the molecule is CCOc1ccc(-c2cc(=O)n(CCNC(=O)c3ccc(C(C)(C)C)cc3)cn2)cc1. The van der Waals surface area contributed by atoms with Crippen molar-refractivity contribution in [2.45, 2.75) is 39.7 Å². The molecular weight excluding hydrogens is 390 g/mol. The summed E-state index contributed by atoms with van der Waals surface area (Å²) in [5, 5.41) is 2.86. The Balaban J connectivity index is 1.58. The number of hydrogen-bond donors (Lipinski definition) is 1. The first-order chi connectivity index (χ1) is 14.8. The minimum atomic E-state index is -0.164. The molecule has 1 heterocycles. The Bertz CT molecular complexity index is 1080. The second-order valence-electron chi connectivity index (χ2n) is 8.35. The highest BCUT2D eigenvalue weighted by molar-refractivity contribution is 5.94. The first-order valence-electron chi connectivity index (χ1n) is 10.5. The van der Waals surface area contributed by atoms with Crippen molar-refractivity contribution in [3.8, 4) is 17.0 Å². The van der Waals surface area contributed by atoms with Crippen LogP contribution in [0.15, 0.2) is 65.7 Å². The number of carbonyl (C=O) groups excluding carboxylic acids is 1. The molecule has 0 unspecified atom stereocenters. The van der Waals surface area contributed by atoms with E-state index in [0.717, 1.165) is 11.3 Å². The fraction of sp³-hybridized carbons (Fsp3) is 0.320. The number of benzene rings is 2. The zero-order valence-corrected chi connectivity index (χ0v) is 18.5. The smallest absolute Gasteiger partial charge is 0.253 e. The molecule has 1 aromatic heterocycles. The molecule has 0 saturated carbocycles. The van der Waals surface area contributed by atoms with Crippen molar-refractivity contribution in [2.75, 3.05) is 13.2 Å². The van der Waals surface area contributed by atoms with Crippen LogP contribution in [-0.4, -0.2) is 28.6 Å². The summed E-state index contributed by atoms with van der Waals surface area (Å²) >= 11 is 0. The predicted octanol–water partition coefficient (Wildman–Crippen LogP) is 4.04. The molecule has 0 aliphatic carbocycles. The number of rotatable bonds is 7. The lowest BCUT2D eigenvalue weighted by atomic mass is 9.87. The van der Waals surface area contributed by atoms with Crippen LogP contribution in [0.3, 0.4) is 0 Å². The Labute approximate surface area is 182 Å². The maximum absolute atomic E-state index is 12.4.